The molecule has 0 spiro atoms. The molecule has 0 unspecified atom stereocenters. The van der Waals surface area contributed by atoms with E-state index in [0.717, 1.165) is 5.56 Å². The SMILES string of the molecule is CC(=O)NC(C)(C)C(=O)N[C@@H](C)C(=O)N[C@@H](C)C(=O)N[C@@H](C)C(=O)N[C@@H](C)C(=O)NC(C)(C)C(=O)N[C@@H](CCC(N)=O)C(=O)NC(C)(C)C(=O)N[C@@H](CC(C)C)C(=O)NC(C)(C)C(=O)NCC(=O)N[C@@H](CC(C)C)C(=O)NC(C)(C)C(=O)N1CCC[C@H]1C(=O)N[C@H](C(=O)NC(C)(C)C(=O)NC(C)(C)C(=O)N[C@@H](CCC(N)=O)C(=O)N[C@@H](CCC(N)=O)C(=O)N[C@H](CO)Cc1ccccc1)C(C)C. The van der Waals surface area contributed by atoms with Gasteiger partial charge in [0.05, 0.1) is 19.2 Å². The lowest BCUT2D eigenvalue weighted by molar-refractivity contribution is -0.146. The zero-order valence-corrected chi connectivity index (χ0v) is 83.5. The summed E-state index contributed by atoms with van der Waals surface area (Å²) in [6.07, 6.45) is -1.83. The van der Waals surface area contributed by atoms with Crippen molar-refractivity contribution in [1.82, 2.24) is 106 Å². The van der Waals surface area contributed by atoms with Gasteiger partial charge in [-0.05, 0) is 199 Å². The molecular weight excluding hydrogens is 1790 g/mol. The molecule has 137 heavy (non-hydrogen) atoms. The fourth-order valence-corrected chi connectivity index (χ4v) is 13.7. The van der Waals surface area contributed by atoms with Crippen molar-refractivity contribution in [3.8, 4) is 0 Å². The number of nitrogens with one attached hydrogen (secondary N) is 19. The molecule has 0 aliphatic carbocycles. The van der Waals surface area contributed by atoms with Crippen molar-refractivity contribution in [2.24, 2.45) is 35.0 Å². The van der Waals surface area contributed by atoms with Crippen LogP contribution in [0.4, 0.5) is 0 Å². The maximum absolute atomic E-state index is 14.6. The van der Waals surface area contributed by atoms with Gasteiger partial charge >= 0.3 is 0 Å². The quantitative estimate of drug-likeness (QED) is 0.0289. The second-order valence-electron chi connectivity index (χ2n) is 39.5. The Kier molecular flexibility index (Phi) is 45.9. The predicted molar refractivity (Wildman–Crippen MR) is 499 cm³/mol. The van der Waals surface area contributed by atoms with E-state index < -0.39 is 292 Å². The minimum absolute atomic E-state index is 0.00715. The Morgan fingerprint density at radius 3 is 1.15 bits per heavy atom. The molecule has 23 amide bonds. The molecule has 1 aromatic rings. The van der Waals surface area contributed by atoms with Crippen LogP contribution in [0.25, 0.3) is 0 Å². The number of rotatable bonds is 55. The number of primary amides is 3. The number of amides is 23. The van der Waals surface area contributed by atoms with Gasteiger partial charge in [0.15, 0.2) is 0 Å². The second kappa shape index (κ2) is 52.3. The van der Waals surface area contributed by atoms with Gasteiger partial charge in [-0.25, -0.2) is 0 Å². The highest BCUT2D eigenvalue weighted by atomic mass is 16.3. The summed E-state index contributed by atoms with van der Waals surface area (Å²) in [5, 5.41) is 58.0. The number of carbonyl (C=O) groups excluding carboxylic acids is 23. The van der Waals surface area contributed by atoms with Crippen LogP contribution in [0.15, 0.2) is 30.3 Å². The fraction of sp³-hybridized carbons (Fsp3) is 0.678. The third-order valence-corrected chi connectivity index (χ3v) is 22.0. The average Bonchev–Trinajstić information content (AvgIpc) is 1.71. The van der Waals surface area contributed by atoms with Crippen LogP contribution in [0.3, 0.4) is 0 Å². The molecule has 47 nitrogen and oxygen atoms in total. The zero-order valence-electron chi connectivity index (χ0n) is 83.5. The number of hydrogen-bond acceptors (Lipinski definition) is 24. The molecule has 1 heterocycles. The Morgan fingerprint density at radius 1 is 0.372 bits per heavy atom. The topological polar surface area (TPSA) is 723 Å². The van der Waals surface area contributed by atoms with Crippen molar-refractivity contribution >= 4 is 136 Å². The molecule has 0 saturated carbocycles. The molecule has 2 rings (SSSR count). The van der Waals surface area contributed by atoms with Gasteiger partial charge in [-0.15, -0.1) is 0 Å². The number of nitrogens with zero attached hydrogens (tertiary/aromatic N) is 1. The molecule has 47 heteroatoms. The third kappa shape index (κ3) is 40.1. The average molecular weight is 1940 g/mol. The van der Waals surface area contributed by atoms with Crippen LogP contribution in [-0.4, -0.2) is 277 Å². The summed E-state index contributed by atoms with van der Waals surface area (Å²) in [4.78, 5) is 312. The lowest BCUT2D eigenvalue weighted by Gasteiger charge is -2.36. The molecule has 1 aromatic carbocycles. The van der Waals surface area contributed by atoms with E-state index in [-0.39, 0.29) is 56.9 Å². The lowest BCUT2D eigenvalue weighted by atomic mass is 9.96. The number of aliphatic hydroxyl groups is 1. The van der Waals surface area contributed by atoms with E-state index in [9.17, 15) is 115 Å². The van der Waals surface area contributed by atoms with Crippen molar-refractivity contribution in [3.05, 3.63) is 35.9 Å². The summed E-state index contributed by atoms with van der Waals surface area (Å²) in [6, 6.07) is -6.94. The Balaban J connectivity index is 2.18. The smallest absolute Gasteiger partial charge is 0.248 e. The van der Waals surface area contributed by atoms with Gasteiger partial charge < -0.3 is 128 Å². The summed E-state index contributed by atoms with van der Waals surface area (Å²) in [7, 11) is 0. The fourth-order valence-electron chi connectivity index (χ4n) is 13.7. The van der Waals surface area contributed by atoms with E-state index in [2.05, 4.69) is 101 Å². The van der Waals surface area contributed by atoms with Gasteiger partial charge in [-0.3, -0.25) is 110 Å². The molecule has 1 saturated heterocycles. The Hall–Kier alpha value is -13.0. The standard InChI is InChI=1S/C90H149N23O24/c1-45(2)40-58(73(127)110-90(24,25)83(137)113-39-29-32-60(113)75(129)105-65(47(5)6)76(130)111-89(22,23)82(136)112-88(20,21)81(135)102-56(34-37-62(92)117)71(125)101-55(33-36-61(91)116)70(124)99-54(44-114)42-53-30-27-26-28-31-53)100-64(119)43-94-77(131)84(12,13)109-74(128)59(41-46(3)4)104-80(134)87(18,19)108-72(126)57(35-38-63(93)118)103-79(133)86(16,17)107-69(123)51(10)97-67(121)49(8)95-66(120)48(7)96-68(122)50(9)98-78(132)85(14,15)106-52(11)115/h26-28,30-31,45-51,54-60,65,114H,29,32-44H2,1-25H3,(H2,91,116)(H2,92,117)(H2,93,118)(H,94,131)(H,95,120)(H,96,122)(H,97,121)(H,98,132)(H,99,124)(H,100,119)(H,101,125)(H,102,135)(H,103,133)(H,104,134)(H,105,129)(H,106,115)(H,107,123)(H,108,126)(H,109,128)(H,110,127)(H,111,130)(H,112,136)/t48-,49-,50-,51-,54-,55-,56-,57-,58-,59-,60-,65-/m0/s1. The third-order valence-electron chi connectivity index (χ3n) is 22.0. The van der Waals surface area contributed by atoms with Gasteiger partial charge in [-0.1, -0.05) is 71.9 Å². The normalized spacial score (nSPS) is 15.4. The molecule has 0 radical (unpaired) electrons. The number of nitrogens with two attached hydrogens (primary N) is 3. The first-order valence-electron chi connectivity index (χ1n) is 45.5. The largest absolute Gasteiger partial charge is 0.394 e. The summed E-state index contributed by atoms with van der Waals surface area (Å²) in [5.74, 6) is -20.9. The van der Waals surface area contributed by atoms with Crippen molar-refractivity contribution in [1.29, 1.82) is 0 Å². The molecule has 12 atom stereocenters. The van der Waals surface area contributed by atoms with Gasteiger partial charge in [0.2, 0.25) is 136 Å². The summed E-state index contributed by atoms with van der Waals surface area (Å²) in [5.41, 5.74) is 4.54. The van der Waals surface area contributed by atoms with Gasteiger partial charge in [-0.2, -0.15) is 0 Å². The molecule has 1 aliphatic heterocycles. The highest BCUT2D eigenvalue weighted by Crippen LogP contribution is 2.25. The Morgan fingerprint density at radius 2 is 0.723 bits per heavy atom. The molecule has 768 valence electrons. The molecule has 0 bridgehead atoms. The number of likely N-dealkylation sites (tertiary alicyclic amines) is 1. The van der Waals surface area contributed by atoms with Crippen LogP contribution < -0.4 is 118 Å². The van der Waals surface area contributed by atoms with Crippen LogP contribution in [0.1, 0.15) is 243 Å². The van der Waals surface area contributed by atoms with Crippen LogP contribution in [0.2, 0.25) is 0 Å². The minimum atomic E-state index is -1.91. The van der Waals surface area contributed by atoms with Crippen molar-refractivity contribution in [2.75, 3.05) is 19.7 Å². The van der Waals surface area contributed by atoms with E-state index in [1.807, 2.05) is 0 Å². The summed E-state index contributed by atoms with van der Waals surface area (Å²) in [6.45, 7) is 33.7. The second-order valence-corrected chi connectivity index (χ2v) is 39.5. The Labute approximate surface area is 799 Å². The number of hydrogen-bond donors (Lipinski definition) is 23. The molecule has 1 aliphatic rings. The first-order chi connectivity index (χ1) is 62.8. The zero-order chi connectivity index (χ0) is 105. The van der Waals surface area contributed by atoms with Gasteiger partial charge in [0.1, 0.15) is 105 Å². The molecule has 1 fully saturated rings. The van der Waals surface area contributed by atoms with E-state index >= 15 is 0 Å². The number of aliphatic hydroxyl groups excluding tert-OH is 1. The van der Waals surface area contributed by atoms with Crippen molar-refractivity contribution in [2.45, 2.75) is 355 Å². The van der Waals surface area contributed by atoms with E-state index in [4.69, 9.17) is 17.2 Å². The molecular formula is C90H149N23O24. The van der Waals surface area contributed by atoms with Gasteiger partial charge in [0.25, 0.3) is 0 Å². The highest BCUT2D eigenvalue weighted by Gasteiger charge is 2.47. The van der Waals surface area contributed by atoms with Crippen molar-refractivity contribution in [3.63, 3.8) is 0 Å². The van der Waals surface area contributed by atoms with Crippen LogP contribution in [0.5, 0.6) is 0 Å². The monoisotopic (exact) mass is 1940 g/mol. The molecule has 26 N–H and O–H groups in total. The van der Waals surface area contributed by atoms with Crippen LogP contribution in [-0.2, 0) is 117 Å². The Bertz CT molecular complexity index is 4570. The van der Waals surface area contributed by atoms with Gasteiger partial charge in [0, 0.05) is 32.7 Å². The lowest BCUT2D eigenvalue weighted by Crippen LogP contribution is -2.66. The predicted octanol–water partition coefficient (Wildman–Crippen LogP) is -5.43. The summed E-state index contributed by atoms with van der Waals surface area (Å²) >= 11 is 0. The van der Waals surface area contributed by atoms with E-state index in [0.29, 0.717) is 6.42 Å². The molecule has 0 aromatic heterocycles. The maximum Gasteiger partial charge on any atom is 0.248 e. The number of benzene rings is 1. The maximum atomic E-state index is 14.6. The highest BCUT2D eigenvalue weighted by molar-refractivity contribution is 6.04. The first kappa shape index (κ1) is 120. The first-order valence-corrected chi connectivity index (χ1v) is 45.5. The van der Waals surface area contributed by atoms with E-state index in [1.165, 1.54) is 136 Å². The van der Waals surface area contributed by atoms with E-state index in [1.54, 1.807) is 71.9 Å². The summed E-state index contributed by atoms with van der Waals surface area (Å²) < 4.78 is 0. The van der Waals surface area contributed by atoms with Crippen molar-refractivity contribution < 1.29 is 115 Å². The van der Waals surface area contributed by atoms with Crippen LogP contribution >= 0.6 is 0 Å². The van der Waals surface area contributed by atoms with Crippen LogP contribution in [0, 0.1) is 17.8 Å². The minimum Gasteiger partial charge on any atom is -0.394 e. The number of carbonyl (C=O) groups is 23.